The van der Waals surface area contributed by atoms with Gasteiger partial charge in [0.05, 0.1) is 4.92 Å². The van der Waals surface area contributed by atoms with E-state index in [0.717, 1.165) is 11.1 Å². The van der Waals surface area contributed by atoms with Gasteiger partial charge in [-0.3, -0.25) is 14.9 Å². The molecule has 0 heterocycles. The van der Waals surface area contributed by atoms with Crippen molar-refractivity contribution < 1.29 is 9.72 Å². The molecule has 0 aliphatic rings. The Morgan fingerprint density at radius 2 is 1.90 bits per heavy atom. The molecular formula is C16H16N2O3. The molecule has 0 atom stereocenters. The summed E-state index contributed by atoms with van der Waals surface area (Å²) >= 11 is 0. The number of nitro groups is 1. The molecule has 0 saturated heterocycles. The topological polar surface area (TPSA) is 63.5 Å². The molecule has 5 nitrogen and oxygen atoms in total. The average molecular weight is 284 g/mol. The summed E-state index contributed by atoms with van der Waals surface area (Å²) in [7, 11) is 1.68. The van der Waals surface area contributed by atoms with Crippen LogP contribution in [0.3, 0.4) is 0 Å². The van der Waals surface area contributed by atoms with Crippen LogP contribution in [0, 0.1) is 17.0 Å². The number of nitrogens with zero attached hydrogens (tertiary/aromatic N) is 2. The fourth-order valence-corrected chi connectivity index (χ4v) is 2.11. The Bertz CT molecular complexity index is 683. The number of non-ortho nitro benzene ring substituents is 1. The van der Waals surface area contributed by atoms with Crippen LogP contribution in [0.4, 0.5) is 5.69 Å². The fraction of sp³-hybridized carbons (Fsp3) is 0.188. The molecule has 5 heteroatoms. The third-order valence-electron chi connectivity index (χ3n) is 3.15. The maximum absolute atomic E-state index is 12.3. The molecule has 0 spiro atoms. The zero-order chi connectivity index (χ0) is 15.4. The van der Waals surface area contributed by atoms with Crippen LogP contribution in [0.5, 0.6) is 0 Å². The molecule has 0 N–H and O–H groups in total. The van der Waals surface area contributed by atoms with Gasteiger partial charge in [-0.2, -0.15) is 0 Å². The normalized spacial score (nSPS) is 10.2. The number of nitro benzene ring substituents is 1. The van der Waals surface area contributed by atoms with E-state index >= 15 is 0 Å². The van der Waals surface area contributed by atoms with Crippen molar-refractivity contribution in [1.82, 2.24) is 4.90 Å². The van der Waals surface area contributed by atoms with Gasteiger partial charge >= 0.3 is 0 Å². The molecule has 0 aliphatic carbocycles. The maximum atomic E-state index is 12.3. The first-order valence-electron chi connectivity index (χ1n) is 6.53. The van der Waals surface area contributed by atoms with Gasteiger partial charge in [0.25, 0.3) is 11.6 Å². The van der Waals surface area contributed by atoms with Crippen molar-refractivity contribution in [2.45, 2.75) is 13.5 Å². The van der Waals surface area contributed by atoms with Gasteiger partial charge in [-0.15, -0.1) is 0 Å². The fourth-order valence-electron chi connectivity index (χ4n) is 2.11. The minimum atomic E-state index is -0.439. The Balaban J connectivity index is 2.14. The SMILES string of the molecule is Cc1cccc(C(=O)N(C)Cc2cccc([N+](=O)[O-])c2)c1. The van der Waals surface area contributed by atoms with E-state index in [9.17, 15) is 14.9 Å². The van der Waals surface area contributed by atoms with E-state index in [2.05, 4.69) is 0 Å². The molecule has 2 aromatic carbocycles. The molecular weight excluding hydrogens is 268 g/mol. The minimum Gasteiger partial charge on any atom is -0.337 e. The second-order valence-corrected chi connectivity index (χ2v) is 4.96. The van der Waals surface area contributed by atoms with Gasteiger partial charge < -0.3 is 4.90 Å². The largest absolute Gasteiger partial charge is 0.337 e. The summed E-state index contributed by atoms with van der Waals surface area (Å²) in [6.07, 6.45) is 0. The van der Waals surface area contributed by atoms with Gasteiger partial charge in [0, 0.05) is 31.3 Å². The molecule has 2 aromatic rings. The van der Waals surface area contributed by atoms with Crippen LogP contribution in [-0.2, 0) is 6.54 Å². The predicted molar refractivity (Wildman–Crippen MR) is 80.1 cm³/mol. The Kier molecular flexibility index (Phi) is 4.33. The molecule has 0 saturated carbocycles. The monoisotopic (exact) mass is 284 g/mol. The number of aryl methyl sites for hydroxylation is 1. The Labute approximate surface area is 123 Å². The molecule has 1 amide bonds. The lowest BCUT2D eigenvalue weighted by Gasteiger charge is -2.17. The molecule has 0 unspecified atom stereocenters. The van der Waals surface area contributed by atoms with Crippen molar-refractivity contribution in [3.63, 3.8) is 0 Å². The Morgan fingerprint density at radius 3 is 2.57 bits per heavy atom. The van der Waals surface area contributed by atoms with Crippen LogP contribution >= 0.6 is 0 Å². The molecule has 2 rings (SSSR count). The predicted octanol–water partition coefficient (Wildman–Crippen LogP) is 3.18. The average Bonchev–Trinajstić information content (AvgIpc) is 2.46. The van der Waals surface area contributed by atoms with E-state index in [-0.39, 0.29) is 11.6 Å². The van der Waals surface area contributed by atoms with Crippen molar-refractivity contribution >= 4 is 11.6 Å². The number of benzene rings is 2. The number of hydrogen-bond donors (Lipinski definition) is 0. The summed E-state index contributed by atoms with van der Waals surface area (Å²) in [4.78, 5) is 24.2. The number of carbonyl (C=O) groups is 1. The first kappa shape index (κ1) is 14.7. The zero-order valence-corrected chi connectivity index (χ0v) is 11.9. The van der Waals surface area contributed by atoms with Crippen LogP contribution in [0.2, 0.25) is 0 Å². The standard InChI is InChI=1S/C16H16N2O3/c1-12-5-3-7-14(9-12)16(19)17(2)11-13-6-4-8-15(10-13)18(20)21/h3-10H,11H2,1-2H3. The van der Waals surface area contributed by atoms with Crippen molar-refractivity contribution in [3.05, 3.63) is 75.3 Å². The second-order valence-electron chi connectivity index (χ2n) is 4.96. The highest BCUT2D eigenvalue weighted by molar-refractivity contribution is 5.94. The van der Waals surface area contributed by atoms with Crippen molar-refractivity contribution in [2.75, 3.05) is 7.05 Å². The second kappa shape index (κ2) is 6.17. The number of carbonyl (C=O) groups excluding carboxylic acids is 1. The molecule has 0 bridgehead atoms. The summed E-state index contributed by atoms with van der Waals surface area (Å²) in [5.41, 5.74) is 2.39. The summed E-state index contributed by atoms with van der Waals surface area (Å²) in [5, 5.41) is 10.8. The lowest BCUT2D eigenvalue weighted by atomic mass is 10.1. The van der Waals surface area contributed by atoms with Crippen LogP contribution in [-0.4, -0.2) is 22.8 Å². The van der Waals surface area contributed by atoms with E-state index in [4.69, 9.17) is 0 Å². The number of hydrogen-bond acceptors (Lipinski definition) is 3. The number of amides is 1. The van der Waals surface area contributed by atoms with Gasteiger partial charge in [0.1, 0.15) is 0 Å². The van der Waals surface area contributed by atoms with Crippen molar-refractivity contribution in [2.24, 2.45) is 0 Å². The Morgan fingerprint density at radius 1 is 1.19 bits per heavy atom. The van der Waals surface area contributed by atoms with Crippen LogP contribution in [0.25, 0.3) is 0 Å². The summed E-state index contributed by atoms with van der Waals surface area (Å²) in [5.74, 6) is -0.106. The van der Waals surface area contributed by atoms with Gasteiger partial charge in [-0.1, -0.05) is 29.8 Å². The van der Waals surface area contributed by atoms with E-state index in [1.807, 2.05) is 25.1 Å². The quantitative estimate of drug-likeness (QED) is 0.640. The molecule has 21 heavy (non-hydrogen) atoms. The summed E-state index contributed by atoms with van der Waals surface area (Å²) < 4.78 is 0. The lowest BCUT2D eigenvalue weighted by molar-refractivity contribution is -0.384. The Hall–Kier alpha value is -2.69. The first-order chi connectivity index (χ1) is 9.97. The highest BCUT2D eigenvalue weighted by Crippen LogP contribution is 2.15. The van der Waals surface area contributed by atoms with Gasteiger partial charge in [0.15, 0.2) is 0 Å². The molecule has 108 valence electrons. The molecule has 0 fully saturated rings. The van der Waals surface area contributed by atoms with Gasteiger partial charge in [-0.25, -0.2) is 0 Å². The van der Waals surface area contributed by atoms with E-state index in [0.29, 0.717) is 12.1 Å². The first-order valence-corrected chi connectivity index (χ1v) is 6.53. The highest BCUT2D eigenvalue weighted by atomic mass is 16.6. The summed E-state index contributed by atoms with van der Waals surface area (Å²) in [6.45, 7) is 2.26. The molecule has 0 aromatic heterocycles. The van der Waals surface area contributed by atoms with Crippen LogP contribution in [0.1, 0.15) is 21.5 Å². The van der Waals surface area contributed by atoms with E-state index < -0.39 is 4.92 Å². The minimum absolute atomic E-state index is 0.0314. The van der Waals surface area contributed by atoms with Crippen molar-refractivity contribution in [1.29, 1.82) is 0 Å². The molecule has 0 aliphatic heterocycles. The zero-order valence-electron chi connectivity index (χ0n) is 11.9. The third kappa shape index (κ3) is 3.66. The van der Waals surface area contributed by atoms with Gasteiger partial charge in [-0.05, 0) is 24.6 Å². The van der Waals surface area contributed by atoms with Crippen molar-refractivity contribution in [3.8, 4) is 0 Å². The smallest absolute Gasteiger partial charge is 0.269 e. The van der Waals surface area contributed by atoms with Gasteiger partial charge in [0.2, 0.25) is 0 Å². The van der Waals surface area contributed by atoms with E-state index in [1.54, 1.807) is 30.1 Å². The third-order valence-corrected chi connectivity index (χ3v) is 3.15. The lowest BCUT2D eigenvalue weighted by Crippen LogP contribution is -2.26. The van der Waals surface area contributed by atoms with E-state index in [1.165, 1.54) is 12.1 Å². The molecule has 0 radical (unpaired) electrons. The summed E-state index contributed by atoms with van der Waals surface area (Å²) in [6, 6.07) is 13.7. The van der Waals surface area contributed by atoms with Crippen LogP contribution < -0.4 is 0 Å². The highest BCUT2D eigenvalue weighted by Gasteiger charge is 2.13. The van der Waals surface area contributed by atoms with Crippen LogP contribution in [0.15, 0.2) is 48.5 Å². The maximum Gasteiger partial charge on any atom is 0.269 e. The number of rotatable bonds is 4.